The third-order valence-electron chi connectivity index (χ3n) is 4.95. The smallest absolute Gasteiger partial charge is 0.0467 e. The van der Waals surface area contributed by atoms with Crippen molar-refractivity contribution >= 4 is 39.4 Å². The Kier molecular flexibility index (Phi) is 4.50. The molecule has 3 aromatic carbocycles. The monoisotopic (exact) mass is 363 g/mol. The van der Waals surface area contributed by atoms with Gasteiger partial charge in [0, 0.05) is 23.1 Å². The second-order valence-electron chi connectivity index (χ2n) is 6.68. The van der Waals surface area contributed by atoms with E-state index in [9.17, 15) is 0 Å². The second-order valence-corrected chi connectivity index (χ2v) is 11.1. The second kappa shape index (κ2) is 6.78. The van der Waals surface area contributed by atoms with E-state index in [1.54, 1.807) is 0 Å². The van der Waals surface area contributed by atoms with Crippen LogP contribution >= 0.6 is 6.04 Å². The summed E-state index contributed by atoms with van der Waals surface area (Å²) in [5.41, 5.74) is 2.67. The number of aryl methyl sites for hydroxylation is 1. The summed E-state index contributed by atoms with van der Waals surface area (Å²) < 4.78 is 0. The zero-order valence-corrected chi connectivity index (χ0v) is 16.1. The molecule has 126 valence electrons. The average molecular weight is 363 g/mol. The Morgan fingerprint density at radius 1 is 0.840 bits per heavy atom. The molecule has 1 aliphatic rings. The van der Waals surface area contributed by atoms with Crippen LogP contribution in [-0.4, -0.2) is 6.04 Å². The van der Waals surface area contributed by atoms with Gasteiger partial charge in [-0.3, -0.25) is 0 Å². The molecule has 0 amide bonds. The van der Waals surface area contributed by atoms with Gasteiger partial charge in [0.05, 0.1) is 0 Å². The van der Waals surface area contributed by atoms with Gasteiger partial charge in [-0.1, -0.05) is 90.7 Å². The van der Waals surface area contributed by atoms with Gasteiger partial charge in [-0.25, -0.2) is 0 Å². The van der Waals surface area contributed by atoms with Gasteiger partial charge in [-0.05, 0) is 35.9 Å². The lowest BCUT2D eigenvalue weighted by Crippen LogP contribution is -2.32. The number of anilines is 1. The summed E-state index contributed by atoms with van der Waals surface area (Å²) in [6.07, 6.45) is 2.30. The predicted octanol–water partition coefficient (Wildman–Crippen LogP) is 4.19. The topological polar surface area (TPSA) is 12.0 Å². The maximum atomic E-state index is 6.50. The van der Waals surface area contributed by atoms with E-state index in [0.717, 1.165) is 6.42 Å². The number of hydrogen-bond acceptors (Lipinski definition) is 2. The molecule has 0 saturated heterocycles. The van der Waals surface area contributed by atoms with Crippen LogP contribution in [0.15, 0.2) is 78.9 Å². The SMILES string of the molecule is CC1CCc2cccc(P(=S)(c3ccccc3)c3ccccc3)c2N1. The van der Waals surface area contributed by atoms with Crippen LogP contribution in [0.1, 0.15) is 18.9 Å². The molecule has 25 heavy (non-hydrogen) atoms. The van der Waals surface area contributed by atoms with E-state index in [2.05, 4.69) is 91.1 Å². The first kappa shape index (κ1) is 16.6. The number of rotatable bonds is 3. The molecule has 4 rings (SSSR count). The van der Waals surface area contributed by atoms with E-state index in [1.165, 1.54) is 33.6 Å². The highest BCUT2D eigenvalue weighted by atomic mass is 32.4. The third kappa shape index (κ3) is 2.94. The molecular weight excluding hydrogens is 341 g/mol. The Bertz CT molecular complexity index is 878. The molecule has 0 aromatic heterocycles. The Hall–Kier alpha value is -1.89. The van der Waals surface area contributed by atoms with Crippen LogP contribution in [0.5, 0.6) is 0 Å². The number of hydrogen-bond donors (Lipinski definition) is 1. The first-order valence-corrected chi connectivity index (χ1v) is 11.6. The molecule has 0 aliphatic carbocycles. The molecule has 0 bridgehead atoms. The van der Waals surface area contributed by atoms with Gasteiger partial charge in [0.1, 0.15) is 0 Å². The number of nitrogens with one attached hydrogen (secondary N) is 1. The van der Waals surface area contributed by atoms with Crippen molar-refractivity contribution in [3.8, 4) is 0 Å². The summed E-state index contributed by atoms with van der Waals surface area (Å²) in [4.78, 5) is 0. The Balaban J connectivity index is 2.00. The van der Waals surface area contributed by atoms with E-state index >= 15 is 0 Å². The average Bonchev–Trinajstić information content (AvgIpc) is 2.68. The molecule has 1 N–H and O–H groups in total. The largest absolute Gasteiger partial charge is 0.382 e. The molecule has 0 radical (unpaired) electrons. The molecule has 1 heterocycles. The molecule has 1 unspecified atom stereocenters. The van der Waals surface area contributed by atoms with Crippen molar-refractivity contribution in [3.05, 3.63) is 84.4 Å². The van der Waals surface area contributed by atoms with E-state index in [1.807, 2.05) is 0 Å². The van der Waals surface area contributed by atoms with Crippen LogP contribution in [-0.2, 0) is 18.2 Å². The van der Waals surface area contributed by atoms with Gasteiger partial charge >= 0.3 is 0 Å². The number of fused-ring (bicyclic) bond motifs is 1. The minimum Gasteiger partial charge on any atom is -0.382 e. The van der Waals surface area contributed by atoms with E-state index < -0.39 is 6.04 Å². The summed E-state index contributed by atoms with van der Waals surface area (Å²) in [5.74, 6) is 0. The highest BCUT2D eigenvalue weighted by Gasteiger charge is 2.29. The van der Waals surface area contributed by atoms with Gasteiger partial charge < -0.3 is 5.32 Å². The van der Waals surface area contributed by atoms with Crippen LogP contribution in [0.2, 0.25) is 0 Å². The molecule has 3 heteroatoms. The highest BCUT2D eigenvalue weighted by Crippen LogP contribution is 2.46. The molecule has 3 aromatic rings. The van der Waals surface area contributed by atoms with Crippen LogP contribution in [0.4, 0.5) is 5.69 Å². The van der Waals surface area contributed by atoms with E-state index in [4.69, 9.17) is 11.8 Å². The fourth-order valence-corrected chi connectivity index (χ4v) is 7.66. The van der Waals surface area contributed by atoms with Crippen molar-refractivity contribution < 1.29 is 0 Å². The molecule has 1 nitrogen and oxygen atoms in total. The van der Waals surface area contributed by atoms with Crippen molar-refractivity contribution in [3.63, 3.8) is 0 Å². The standard InChI is InChI=1S/C22H22NPS/c1-17-15-16-18-9-8-14-21(22(18)23-17)24(25,19-10-4-2-5-11-19)20-12-6-3-7-13-20/h2-14,17,23H,15-16H2,1H3. The first-order chi connectivity index (χ1) is 12.2. The van der Waals surface area contributed by atoms with Crippen molar-refractivity contribution in [2.24, 2.45) is 0 Å². The number of benzene rings is 3. The van der Waals surface area contributed by atoms with E-state index in [0.29, 0.717) is 6.04 Å². The summed E-state index contributed by atoms with van der Waals surface area (Å²) in [5, 5.41) is 7.54. The highest BCUT2D eigenvalue weighted by molar-refractivity contribution is 8.25. The number of para-hydroxylation sites is 1. The Morgan fingerprint density at radius 3 is 2.04 bits per heavy atom. The van der Waals surface area contributed by atoms with Crippen molar-refractivity contribution in [2.45, 2.75) is 25.8 Å². The van der Waals surface area contributed by atoms with Gasteiger partial charge in [0.15, 0.2) is 0 Å². The molecular formula is C22H22NPS. The summed E-state index contributed by atoms with van der Waals surface area (Å²) in [6, 6.07) is 26.4. The van der Waals surface area contributed by atoms with Crippen molar-refractivity contribution in [2.75, 3.05) is 5.32 Å². The lowest BCUT2D eigenvalue weighted by atomic mass is 9.99. The minimum absolute atomic E-state index is 0.489. The summed E-state index contributed by atoms with van der Waals surface area (Å²) in [7, 11) is 0. The molecule has 0 saturated carbocycles. The Morgan fingerprint density at radius 2 is 1.44 bits per heavy atom. The molecule has 1 aliphatic heterocycles. The maximum Gasteiger partial charge on any atom is 0.0467 e. The van der Waals surface area contributed by atoms with Crippen LogP contribution in [0, 0.1) is 0 Å². The van der Waals surface area contributed by atoms with Gasteiger partial charge in [0.25, 0.3) is 0 Å². The van der Waals surface area contributed by atoms with Gasteiger partial charge in [-0.15, -0.1) is 0 Å². The van der Waals surface area contributed by atoms with Crippen LogP contribution < -0.4 is 21.2 Å². The van der Waals surface area contributed by atoms with Gasteiger partial charge in [-0.2, -0.15) is 0 Å². The fraction of sp³-hybridized carbons (Fsp3) is 0.182. The lowest BCUT2D eigenvalue weighted by Gasteiger charge is -2.32. The van der Waals surface area contributed by atoms with Crippen molar-refractivity contribution in [1.29, 1.82) is 0 Å². The third-order valence-corrected chi connectivity index (χ3v) is 9.90. The molecule has 0 fully saturated rings. The summed E-state index contributed by atoms with van der Waals surface area (Å²) >= 11 is 6.50. The van der Waals surface area contributed by atoms with Crippen molar-refractivity contribution in [1.82, 2.24) is 0 Å². The van der Waals surface area contributed by atoms with E-state index in [-0.39, 0.29) is 0 Å². The maximum absolute atomic E-state index is 6.50. The van der Waals surface area contributed by atoms with Crippen LogP contribution in [0.3, 0.4) is 0 Å². The molecule has 0 spiro atoms. The zero-order chi connectivity index (χ0) is 17.3. The Labute approximate surface area is 155 Å². The van der Waals surface area contributed by atoms with Crippen LogP contribution in [0.25, 0.3) is 0 Å². The summed E-state index contributed by atoms with van der Waals surface area (Å²) in [6.45, 7) is 2.26. The minimum atomic E-state index is -2.09. The quantitative estimate of drug-likeness (QED) is 0.701. The normalized spacial score (nSPS) is 16.8. The lowest BCUT2D eigenvalue weighted by molar-refractivity contribution is 0.682. The first-order valence-electron chi connectivity index (χ1n) is 8.80. The zero-order valence-electron chi connectivity index (χ0n) is 14.4. The predicted molar refractivity (Wildman–Crippen MR) is 114 cm³/mol. The van der Waals surface area contributed by atoms with Gasteiger partial charge in [0.2, 0.25) is 0 Å². The fourth-order valence-electron chi connectivity index (χ4n) is 3.62. The molecule has 1 atom stereocenters.